The number of anilines is 1. The molecule has 1 aliphatic rings. The van der Waals surface area contributed by atoms with Crippen LogP contribution in [0, 0.1) is 5.92 Å². The van der Waals surface area contributed by atoms with Crippen molar-refractivity contribution in [3.63, 3.8) is 0 Å². The number of carbonyl (C=O) groups excluding carboxylic acids is 1. The molecule has 1 fully saturated rings. The Balaban J connectivity index is 2.42. The third kappa shape index (κ3) is 4.03. The van der Waals surface area contributed by atoms with Crippen molar-refractivity contribution in [3.8, 4) is 0 Å². The summed E-state index contributed by atoms with van der Waals surface area (Å²) in [6.45, 7) is 0.989. The van der Waals surface area contributed by atoms with Gasteiger partial charge in [0.2, 0.25) is 5.91 Å². The van der Waals surface area contributed by atoms with Crippen LogP contribution in [0.15, 0.2) is 28.0 Å². The normalized spacial score (nSPS) is 17.2. The van der Waals surface area contributed by atoms with Crippen LogP contribution in [-0.4, -0.2) is 48.3 Å². The lowest BCUT2D eigenvalue weighted by molar-refractivity contribution is -0.122. The Morgan fingerprint density at radius 3 is 2.09 bits per heavy atom. The summed E-state index contributed by atoms with van der Waals surface area (Å²) in [7, 11) is -7.09. The van der Waals surface area contributed by atoms with Gasteiger partial charge in [-0.25, -0.2) is 16.8 Å². The lowest BCUT2D eigenvalue weighted by Crippen LogP contribution is -2.39. The molecule has 0 saturated carbocycles. The second-order valence-electron chi connectivity index (χ2n) is 5.84. The molecule has 0 spiro atoms. The highest BCUT2D eigenvalue weighted by Crippen LogP contribution is 2.31. The lowest BCUT2D eigenvalue weighted by atomic mass is 9.96. The van der Waals surface area contributed by atoms with E-state index in [2.05, 4.69) is 0 Å². The van der Waals surface area contributed by atoms with Crippen molar-refractivity contribution in [1.29, 1.82) is 0 Å². The molecule has 1 heterocycles. The minimum absolute atomic E-state index is 0.0158. The van der Waals surface area contributed by atoms with Gasteiger partial charge in [-0.15, -0.1) is 0 Å². The molecule has 0 radical (unpaired) electrons. The number of nitrogens with zero attached hydrogens (tertiary/aromatic N) is 1. The molecule has 0 bridgehead atoms. The maximum atomic E-state index is 12.1. The Morgan fingerprint density at radius 2 is 1.65 bits per heavy atom. The Hall–Kier alpha value is -1.61. The fourth-order valence-electron chi connectivity index (χ4n) is 2.69. The van der Waals surface area contributed by atoms with E-state index in [-0.39, 0.29) is 21.6 Å². The van der Waals surface area contributed by atoms with Gasteiger partial charge < -0.3 is 10.6 Å². The summed E-state index contributed by atoms with van der Waals surface area (Å²) in [6.07, 6.45) is 3.18. The average molecular weight is 360 g/mol. The lowest BCUT2D eigenvalue weighted by Gasteiger charge is -2.33. The first-order chi connectivity index (χ1) is 10.5. The van der Waals surface area contributed by atoms with Gasteiger partial charge in [-0.2, -0.15) is 0 Å². The van der Waals surface area contributed by atoms with Gasteiger partial charge in [0.25, 0.3) is 0 Å². The number of piperidine rings is 1. The second-order valence-corrected chi connectivity index (χ2v) is 9.84. The molecule has 23 heavy (non-hydrogen) atoms. The zero-order valence-electron chi connectivity index (χ0n) is 13.0. The molecule has 0 aromatic heterocycles. The number of amides is 1. The molecule has 9 heteroatoms. The fraction of sp³-hybridized carbons (Fsp3) is 0.500. The molecule has 1 aliphatic heterocycles. The van der Waals surface area contributed by atoms with E-state index in [9.17, 15) is 21.6 Å². The molecule has 2 rings (SSSR count). The highest BCUT2D eigenvalue weighted by Gasteiger charge is 2.27. The third-order valence-corrected chi connectivity index (χ3v) is 6.23. The molecule has 1 aromatic rings. The summed E-state index contributed by atoms with van der Waals surface area (Å²) in [5.74, 6) is -0.552. The summed E-state index contributed by atoms with van der Waals surface area (Å²) >= 11 is 0. The van der Waals surface area contributed by atoms with Crippen molar-refractivity contribution in [3.05, 3.63) is 18.2 Å². The van der Waals surface area contributed by atoms with Crippen molar-refractivity contribution < 1.29 is 21.6 Å². The van der Waals surface area contributed by atoms with Crippen LogP contribution >= 0.6 is 0 Å². The van der Waals surface area contributed by atoms with E-state index in [4.69, 9.17) is 5.73 Å². The maximum absolute atomic E-state index is 12.1. The van der Waals surface area contributed by atoms with E-state index in [1.54, 1.807) is 0 Å². The predicted octanol–water partition coefficient (Wildman–Crippen LogP) is 0.195. The smallest absolute Gasteiger partial charge is 0.220 e. The van der Waals surface area contributed by atoms with Crippen molar-refractivity contribution >= 4 is 31.3 Å². The highest BCUT2D eigenvalue weighted by atomic mass is 32.2. The minimum Gasteiger partial charge on any atom is -0.370 e. The fourth-order valence-corrected chi connectivity index (χ4v) is 4.33. The van der Waals surface area contributed by atoms with Crippen LogP contribution in [0.5, 0.6) is 0 Å². The van der Waals surface area contributed by atoms with Crippen LogP contribution in [-0.2, 0) is 24.5 Å². The number of rotatable bonds is 4. The van der Waals surface area contributed by atoms with Crippen LogP contribution < -0.4 is 10.6 Å². The van der Waals surface area contributed by atoms with E-state index < -0.39 is 19.7 Å². The van der Waals surface area contributed by atoms with E-state index in [0.29, 0.717) is 31.6 Å². The topological polar surface area (TPSA) is 115 Å². The Morgan fingerprint density at radius 1 is 1.09 bits per heavy atom. The van der Waals surface area contributed by atoms with Gasteiger partial charge in [0, 0.05) is 31.5 Å². The predicted molar refractivity (Wildman–Crippen MR) is 86.8 cm³/mol. The van der Waals surface area contributed by atoms with E-state index in [1.807, 2.05) is 4.90 Å². The standard InChI is InChI=1S/C14H20N2O5S2/c1-22(18,19)11-3-4-12(13(9-11)23(2,20)21)16-7-5-10(6-8-16)14(15)17/h3-4,9-10H,5-8H2,1-2H3,(H2,15,17). The van der Waals surface area contributed by atoms with Crippen molar-refractivity contribution in [1.82, 2.24) is 0 Å². The highest BCUT2D eigenvalue weighted by molar-refractivity contribution is 7.91. The quantitative estimate of drug-likeness (QED) is 0.820. The molecule has 1 aromatic carbocycles. The maximum Gasteiger partial charge on any atom is 0.220 e. The molecule has 128 valence electrons. The number of primary amides is 1. The Kier molecular flexibility index (Phi) is 4.72. The van der Waals surface area contributed by atoms with Crippen LogP contribution in [0.3, 0.4) is 0 Å². The second kappa shape index (κ2) is 6.12. The molecule has 2 N–H and O–H groups in total. The van der Waals surface area contributed by atoms with Crippen LogP contribution in [0.2, 0.25) is 0 Å². The summed E-state index contributed by atoms with van der Waals surface area (Å²) in [4.78, 5) is 13.0. The number of nitrogens with two attached hydrogens (primary N) is 1. The average Bonchev–Trinajstić information content (AvgIpc) is 2.45. The SMILES string of the molecule is CS(=O)(=O)c1ccc(N2CCC(C(N)=O)CC2)c(S(C)(=O)=O)c1. The summed E-state index contributed by atoms with van der Waals surface area (Å²) in [5.41, 5.74) is 5.76. The Labute approximate surface area is 136 Å². The Bertz CT molecular complexity index is 823. The van der Waals surface area contributed by atoms with Crippen LogP contribution in [0.1, 0.15) is 12.8 Å². The summed E-state index contributed by atoms with van der Waals surface area (Å²) < 4.78 is 47.4. The number of hydrogen-bond acceptors (Lipinski definition) is 6. The number of carbonyl (C=O) groups is 1. The molecular formula is C14H20N2O5S2. The molecule has 0 unspecified atom stereocenters. The zero-order valence-corrected chi connectivity index (χ0v) is 14.7. The van der Waals surface area contributed by atoms with E-state index in [0.717, 1.165) is 12.5 Å². The van der Waals surface area contributed by atoms with Crippen LogP contribution in [0.4, 0.5) is 5.69 Å². The summed E-state index contributed by atoms with van der Waals surface area (Å²) in [6, 6.07) is 4.11. The van der Waals surface area contributed by atoms with Gasteiger partial charge in [0.05, 0.1) is 15.5 Å². The van der Waals surface area contributed by atoms with Crippen LogP contribution in [0.25, 0.3) is 0 Å². The minimum atomic E-state index is -3.59. The first-order valence-electron chi connectivity index (χ1n) is 7.08. The van der Waals surface area contributed by atoms with Gasteiger partial charge >= 0.3 is 0 Å². The number of hydrogen-bond donors (Lipinski definition) is 1. The molecule has 1 saturated heterocycles. The van der Waals surface area contributed by atoms with Crippen molar-refractivity contribution in [2.24, 2.45) is 11.7 Å². The summed E-state index contributed by atoms with van der Waals surface area (Å²) in [5, 5.41) is 0. The number of sulfone groups is 2. The first-order valence-corrected chi connectivity index (χ1v) is 10.9. The van der Waals surface area contributed by atoms with Crippen molar-refractivity contribution in [2.75, 3.05) is 30.5 Å². The molecule has 7 nitrogen and oxygen atoms in total. The zero-order chi connectivity index (χ0) is 17.4. The molecule has 1 amide bonds. The van der Waals surface area contributed by atoms with E-state index in [1.165, 1.54) is 18.2 Å². The molecule has 0 atom stereocenters. The van der Waals surface area contributed by atoms with Gasteiger partial charge in [-0.1, -0.05) is 0 Å². The third-order valence-electron chi connectivity index (χ3n) is 4.00. The van der Waals surface area contributed by atoms with Gasteiger partial charge in [0.15, 0.2) is 19.7 Å². The van der Waals surface area contributed by atoms with Gasteiger partial charge in [-0.05, 0) is 31.0 Å². The van der Waals surface area contributed by atoms with Gasteiger partial charge in [0.1, 0.15) is 0 Å². The molecular weight excluding hydrogens is 340 g/mol. The number of benzene rings is 1. The molecule has 0 aliphatic carbocycles. The van der Waals surface area contributed by atoms with Crippen molar-refractivity contribution in [2.45, 2.75) is 22.6 Å². The van der Waals surface area contributed by atoms with E-state index >= 15 is 0 Å². The monoisotopic (exact) mass is 360 g/mol. The first kappa shape index (κ1) is 17.7. The largest absolute Gasteiger partial charge is 0.370 e. The van der Waals surface area contributed by atoms with Gasteiger partial charge in [-0.3, -0.25) is 4.79 Å².